The van der Waals surface area contributed by atoms with Gasteiger partial charge in [0.1, 0.15) is 5.75 Å². The Labute approximate surface area is 148 Å². The van der Waals surface area contributed by atoms with Crippen molar-refractivity contribution in [2.45, 2.75) is 59.3 Å². The van der Waals surface area contributed by atoms with Gasteiger partial charge in [-0.1, -0.05) is 59.7 Å². The van der Waals surface area contributed by atoms with Crippen LogP contribution in [0.3, 0.4) is 0 Å². The Morgan fingerprint density at radius 1 is 0.783 bits per heavy atom. The van der Waals surface area contributed by atoms with Crippen LogP contribution in [0.15, 0.2) is 34.8 Å². The van der Waals surface area contributed by atoms with Crippen molar-refractivity contribution >= 4 is 15.9 Å². The molecular weight excluding hydrogens is 348 g/mol. The molecule has 0 heterocycles. The van der Waals surface area contributed by atoms with Gasteiger partial charge in [0.2, 0.25) is 0 Å². The third-order valence-electron chi connectivity index (χ3n) is 4.18. The molecule has 0 aliphatic carbocycles. The van der Waals surface area contributed by atoms with E-state index in [4.69, 9.17) is 0 Å². The maximum absolute atomic E-state index is 10.5. The fourth-order valence-electron chi connectivity index (χ4n) is 2.60. The summed E-state index contributed by atoms with van der Waals surface area (Å²) in [5, 5.41) is 10.5. The van der Waals surface area contributed by atoms with Gasteiger partial charge >= 0.3 is 0 Å². The molecule has 0 aromatic heterocycles. The molecule has 1 nitrogen and oxygen atoms in total. The predicted octanol–water partition coefficient (Wildman–Crippen LogP) is 6.73. The molecule has 0 bridgehead atoms. The molecule has 0 spiro atoms. The van der Waals surface area contributed by atoms with Crippen molar-refractivity contribution in [1.29, 1.82) is 0 Å². The van der Waals surface area contributed by atoms with Crippen molar-refractivity contribution in [2.75, 3.05) is 0 Å². The number of halogens is 1. The molecular formula is C21H27BrO. The maximum Gasteiger partial charge on any atom is 0.137 e. The lowest BCUT2D eigenvalue weighted by molar-refractivity contribution is 0.473. The fourth-order valence-corrected chi connectivity index (χ4v) is 3.18. The quantitative estimate of drug-likeness (QED) is 0.586. The second-order valence-electron chi connectivity index (χ2n) is 8.44. The molecule has 0 unspecified atom stereocenters. The lowest BCUT2D eigenvalue weighted by atomic mass is 9.79. The van der Waals surface area contributed by atoms with E-state index in [1.54, 1.807) is 0 Å². The first-order valence-corrected chi connectivity index (χ1v) is 8.84. The average Bonchev–Trinajstić information content (AvgIpc) is 2.40. The first kappa shape index (κ1) is 18.1. The number of hydrogen-bond donors (Lipinski definition) is 1. The van der Waals surface area contributed by atoms with E-state index in [1.807, 2.05) is 19.1 Å². The molecule has 2 aromatic carbocycles. The van der Waals surface area contributed by atoms with Crippen molar-refractivity contribution < 1.29 is 5.11 Å². The zero-order valence-electron chi connectivity index (χ0n) is 15.2. The minimum atomic E-state index is 0.0622. The number of aromatic hydroxyl groups is 1. The van der Waals surface area contributed by atoms with Gasteiger partial charge in [0.05, 0.1) is 4.47 Å². The first-order valence-electron chi connectivity index (χ1n) is 8.05. The van der Waals surface area contributed by atoms with Crippen LogP contribution in [0.1, 0.15) is 58.2 Å². The van der Waals surface area contributed by atoms with E-state index in [-0.39, 0.29) is 10.8 Å². The molecule has 0 fully saturated rings. The summed E-state index contributed by atoms with van der Waals surface area (Å²) in [6.07, 6.45) is 0. The smallest absolute Gasteiger partial charge is 0.137 e. The van der Waals surface area contributed by atoms with Gasteiger partial charge in [0.15, 0.2) is 0 Å². The van der Waals surface area contributed by atoms with Crippen molar-refractivity contribution in [1.82, 2.24) is 0 Å². The van der Waals surface area contributed by atoms with Gasteiger partial charge in [-0.25, -0.2) is 0 Å². The van der Waals surface area contributed by atoms with Crippen LogP contribution in [0.4, 0.5) is 0 Å². The third-order valence-corrected chi connectivity index (χ3v) is 4.79. The normalized spacial score (nSPS) is 12.5. The third kappa shape index (κ3) is 3.98. The van der Waals surface area contributed by atoms with E-state index < -0.39 is 0 Å². The maximum atomic E-state index is 10.5. The average molecular weight is 375 g/mol. The van der Waals surface area contributed by atoms with Crippen LogP contribution in [0.2, 0.25) is 0 Å². The SMILES string of the molecule is Cc1cc(Br)c(O)c(-c2cc(C(C)(C)C)cc(C(C)(C)C)c2)c1. The number of hydrogen-bond acceptors (Lipinski definition) is 1. The summed E-state index contributed by atoms with van der Waals surface area (Å²) in [6, 6.07) is 10.7. The van der Waals surface area contributed by atoms with E-state index in [1.165, 1.54) is 11.1 Å². The molecule has 2 rings (SSSR count). The summed E-state index contributed by atoms with van der Waals surface area (Å²) in [6.45, 7) is 15.4. The Morgan fingerprint density at radius 3 is 1.70 bits per heavy atom. The second kappa shape index (κ2) is 5.98. The van der Waals surface area contributed by atoms with Gasteiger partial charge in [-0.15, -0.1) is 0 Å². The van der Waals surface area contributed by atoms with Crippen molar-refractivity contribution in [3.63, 3.8) is 0 Å². The minimum absolute atomic E-state index is 0.0622. The molecule has 0 radical (unpaired) electrons. The summed E-state index contributed by atoms with van der Waals surface area (Å²) in [7, 11) is 0. The van der Waals surface area contributed by atoms with E-state index in [9.17, 15) is 5.11 Å². The van der Waals surface area contributed by atoms with Crippen molar-refractivity contribution in [2.24, 2.45) is 0 Å². The molecule has 0 aliphatic heterocycles. The van der Waals surface area contributed by atoms with Crippen LogP contribution in [0.25, 0.3) is 11.1 Å². The number of benzene rings is 2. The zero-order valence-corrected chi connectivity index (χ0v) is 16.8. The highest BCUT2D eigenvalue weighted by atomic mass is 79.9. The molecule has 0 amide bonds. The van der Waals surface area contributed by atoms with Crippen molar-refractivity contribution in [3.8, 4) is 16.9 Å². The number of rotatable bonds is 1. The Bertz CT molecular complexity index is 698. The highest BCUT2D eigenvalue weighted by Gasteiger charge is 2.22. The zero-order chi connectivity index (χ0) is 17.6. The molecule has 0 saturated carbocycles. The van der Waals surface area contributed by atoms with Gasteiger partial charge in [-0.3, -0.25) is 0 Å². The van der Waals surface area contributed by atoms with Gasteiger partial charge < -0.3 is 5.11 Å². The molecule has 2 aromatic rings. The molecule has 124 valence electrons. The summed E-state index contributed by atoms with van der Waals surface area (Å²) < 4.78 is 0.742. The highest BCUT2D eigenvalue weighted by Crippen LogP contribution is 2.40. The minimum Gasteiger partial charge on any atom is -0.506 e. The lowest BCUT2D eigenvalue weighted by Gasteiger charge is -2.26. The van der Waals surface area contributed by atoms with Crippen LogP contribution >= 0.6 is 15.9 Å². The highest BCUT2D eigenvalue weighted by molar-refractivity contribution is 9.10. The van der Waals surface area contributed by atoms with E-state index in [0.717, 1.165) is 21.2 Å². The summed E-state index contributed by atoms with van der Waals surface area (Å²) in [5.74, 6) is 0.307. The molecule has 23 heavy (non-hydrogen) atoms. The van der Waals surface area contributed by atoms with Gasteiger partial charge in [0, 0.05) is 5.56 Å². The Kier molecular flexibility index (Phi) is 4.69. The van der Waals surface area contributed by atoms with Gasteiger partial charge in [0.25, 0.3) is 0 Å². The Morgan fingerprint density at radius 2 is 1.26 bits per heavy atom. The Hall–Kier alpha value is -1.28. The van der Waals surface area contributed by atoms with Crippen LogP contribution in [-0.4, -0.2) is 5.11 Å². The molecule has 2 heteroatoms. The predicted molar refractivity (Wildman–Crippen MR) is 103 cm³/mol. The standard InChI is InChI=1S/C21H27BrO/c1-13-8-17(19(23)18(22)9-13)14-10-15(20(2,3)4)12-16(11-14)21(5,6)7/h8-12,23H,1-7H3. The molecule has 1 N–H and O–H groups in total. The van der Waals surface area contributed by atoms with Gasteiger partial charge in [-0.05, 0) is 68.1 Å². The summed E-state index contributed by atoms with van der Waals surface area (Å²) >= 11 is 3.46. The molecule has 0 saturated heterocycles. The molecule has 0 aliphatic rings. The topological polar surface area (TPSA) is 20.2 Å². The number of phenols is 1. The van der Waals surface area contributed by atoms with E-state index in [2.05, 4.69) is 75.7 Å². The second-order valence-corrected chi connectivity index (χ2v) is 9.30. The van der Waals surface area contributed by atoms with Crippen molar-refractivity contribution in [3.05, 3.63) is 51.5 Å². The number of aryl methyl sites for hydroxylation is 1. The largest absolute Gasteiger partial charge is 0.506 e. The van der Waals surface area contributed by atoms with Gasteiger partial charge in [-0.2, -0.15) is 0 Å². The van der Waals surface area contributed by atoms with Crippen LogP contribution in [0, 0.1) is 6.92 Å². The summed E-state index contributed by atoms with van der Waals surface area (Å²) in [4.78, 5) is 0. The first-order chi connectivity index (χ1) is 10.4. The van der Waals surface area contributed by atoms with E-state index in [0.29, 0.717) is 5.75 Å². The monoisotopic (exact) mass is 374 g/mol. The number of phenolic OH excluding ortho intramolecular Hbond substituents is 1. The Balaban J connectivity index is 2.77. The molecule has 0 atom stereocenters. The van der Waals surface area contributed by atoms with Crippen LogP contribution in [-0.2, 0) is 10.8 Å². The lowest BCUT2D eigenvalue weighted by Crippen LogP contribution is -2.16. The van der Waals surface area contributed by atoms with Crippen LogP contribution in [0.5, 0.6) is 5.75 Å². The van der Waals surface area contributed by atoms with E-state index >= 15 is 0 Å². The van der Waals surface area contributed by atoms with Crippen LogP contribution < -0.4 is 0 Å². The fraction of sp³-hybridized carbons (Fsp3) is 0.429. The summed E-state index contributed by atoms with van der Waals surface area (Å²) in [5.41, 5.74) is 5.79.